The summed E-state index contributed by atoms with van der Waals surface area (Å²) in [5.74, 6) is 0.202. The van der Waals surface area contributed by atoms with E-state index in [1.54, 1.807) is 28.6 Å². The fourth-order valence-corrected chi connectivity index (χ4v) is 2.84. The molecular weight excluding hydrogens is 311 g/mol. The van der Waals surface area contributed by atoms with Gasteiger partial charge in [-0.1, -0.05) is 0 Å². The number of carbonyl (C=O) groups excluding carboxylic acids is 1. The number of likely N-dealkylation sites (N-methyl/N-ethyl adjacent to an activating group) is 1. The lowest BCUT2D eigenvalue weighted by molar-refractivity contribution is 0.0530. The highest BCUT2D eigenvalue weighted by molar-refractivity contribution is 5.90. The Labute approximate surface area is 140 Å². The van der Waals surface area contributed by atoms with E-state index in [1.807, 2.05) is 6.92 Å². The van der Waals surface area contributed by atoms with Crippen LogP contribution in [0.25, 0.3) is 5.69 Å². The van der Waals surface area contributed by atoms with Crippen molar-refractivity contribution in [1.82, 2.24) is 19.7 Å². The molecule has 2 heterocycles. The molecule has 128 valence electrons. The van der Waals surface area contributed by atoms with Crippen molar-refractivity contribution in [2.24, 2.45) is 0 Å². The molecule has 0 bridgehead atoms. The molecule has 1 aliphatic heterocycles. The maximum atomic E-state index is 13.1. The van der Waals surface area contributed by atoms with Gasteiger partial charge in [-0.2, -0.15) is 0 Å². The molecule has 1 amide bonds. The van der Waals surface area contributed by atoms with Gasteiger partial charge in [-0.15, -0.1) is 5.10 Å². The Hall–Kier alpha value is -2.28. The molecular formula is C17H21FN4O2. The highest BCUT2D eigenvalue weighted by Crippen LogP contribution is 2.15. The lowest BCUT2D eigenvalue weighted by Gasteiger charge is -2.22. The summed E-state index contributed by atoms with van der Waals surface area (Å²) in [4.78, 5) is 18.7. The predicted molar refractivity (Wildman–Crippen MR) is 86.6 cm³/mol. The normalized spacial score (nSPS) is 17.2. The number of aryl methyl sites for hydroxylation is 1. The Bertz CT molecular complexity index is 708. The van der Waals surface area contributed by atoms with E-state index >= 15 is 0 Å². The van der Waals surface area contributed by atoms with Gasteiger partial charge in [0.05, 0.1) is 11.8 Å². The van der Waals surface area contributed by atoms with Crippen molar-refractivity contribution in [1.29, 1.82) is 0 Å². The number of halogens is 1. The van der Waals surface area contributed by atoms with E-state index in [-0.39, 0.29) is 23.7 Å². The first-order valence-electron chi connectivity index (χ1n) is 8.19. The topological polar surface area (TPSA) is 60.2 Å². The van der Waals surface area contributed by atoms with Crippen LogP contribution in [0, 0.1) is 12.7 Å². The van der Waals surface area contributed by atoms with Crippen molar-refractivity contribution in [2.45, 2.75) is 32.8 Å². The SMILES string of the molecule is CCN(CC1CCCO1)C(=O)c1nc(C)n(-c2ccc(F)cc2)n1. The minimum atomic E-state index is -0.318. The van der Waals surface area contributed by atoms with Crippen molar-refractivity contribution < 1.29 is 13.9 Å². The fraction of sp³-hybridized carbons (Fsp3) is 0.471. The molecule has 0 aliphatic carbocycles. The van der Waals surface area contributed by atoms with Gasteiger partial charge in [0, 0.05) is 19.7 Å². The van der Waals surface area contributed by atoms with E-state index in [1.165, 1.54) is 12.1 Å². The second-order valence-corrected chi connectivity index (χ2v) is 5.85. The van der Waals surface area contributed by atoms with Crippen LogP contribution in [-0.2, 0) is 4.74 Å². The molecule has 0 radical (unpaired) electrons. The van der Waals surface area contributed by atoms with Crippen LogP contribution in [0.1, 0.15) is 36.2 Å². The van der Waals surface area contributed by atoms with Crippen molar-refractivity contribution in [3.8, 4) is 5.69 Å². The second kappa shape index (κ2) is 7.09. The highest BCUT2D eigenvalue weighted by Gasteiger charge is 2.25. The number of amides is 1. The Morgan fingerprint density at radius 3 is 2.79 bits per heavy atom. The van der Waals surface area contributed by atoms with Gasteiger partial charge in [0.2, 0.25) is 5.82 Å². The average molecular weight is 332 g/mol. The maximum Gasteiger partial charge on any atom is 0.293 e. The van der Waals surface area contributed by atoms with Crippen LogP contribution in [0.3, 0.4) is 0 Å². The largest absolute Gasteiger partial charge is 0.376 e. The van der Waals surface area contributed by atoms with Crippen molar-refractivity contribution >= 4 is 5.91 Å². The quantitative estimate of drug-likeness (QED) is 0.843. The monoisotopic (exact) mass is 332 g/mol. The third-order valence-corrected chi connectivity index (χ3v) is 4.15. The molecule has 1 unspecified atom stereocenters. The lowest BCUT2D eigenvalue weighted by atomic mass is 10.2. The molecule has 0 saturated carbocycles. The first kappa shape index (κ1) is 16.6. The number of aromatic nitrogens is 3. The van der Waals surface area contributed by atoms with Gasteiger partial charge in [0.1, 0.15) is 11.6 Å². The summed E-state index contributed by atoms with van der Waals surface area (Å²) < 4.78 is 20.2. The molecule has 1 saturated heterocycles. The number of carbonyl (C=O) groups is 1. The van der Waals surface area contributed by atoms with Crippen LogP contribution in [0.5, 0.6) is 0 Å². The van der Waals surface area contributed by atoms with E-state index in [0.717, 1.165) is 19.4 Å². The Morgan fingerprint density at radius 2 is 2.17 bits per heavy atom. The number of rotatable bonds is 5. The van der Waals surface area contributed by atoms with Crippen LogP contribution in [0.2, 0.25) is 0 Å². The second-order valence-electron chi connectivity index (χ2n) is 5.85. The zero-order valence-corrected chi connectivity index (χ0v) is 13.9. The van der Waals surface area contributed by atoms with Crippen LogP contribution in [0.15, 0.2) is 24.3 Å². The molecule has 1 aromatic carbocycles. The molecule has 6 nitrogen and oxygen atoms in total. The van der Waals surface area contributed by atoms with E-state index in [2.05, 4.69) is 10.1 Å². The van der Waals surface area contributed by atoms with Crippen LogP contribution in [0.4, 0.5) is 4.39 Å². The van der Waals surface area contributed by atoms with E-state index in [9.17, 15) is 9.18 Å². The first-order chi connectivity index (χ1) is 11.6. The molecule has 0 N–H and O–H groups in total. The van der Waals surface area contributed by atoms with Gasteiger partial charge in [-0.05, 0) is 51.0 Å². The Morgan fingerprint density at radius 1 is 1.42 bits per heavy atom. The van der Waals surface area contributed by atoms with Gasteiger partial charge < -0.3 is 9.64 Å². The molecule has 3 rings (SSSR count). The highest BCUT2D eigenvalue weighted by atomic mass is 19.1. The fourth-order valence-electron chi connectivity index (χ4n) is 2.84. The number of ether oxygens (including phenoxy) is 1. The van der Waals surface area contributed by atoms with Crippen LogP contribution >= 0.6 is 0 Å². The molecule has 1 fully saturated rings. The molecule has 7 heteroatoms. The van der Waals surface area contributed by atoms with Crippen molar-refractivity contribution in [3.63, 3.8) is 0 Å². The van der Waals surface area contributed by atoms with Crippen molar-refractivity contribution in [2.75, 3.05) is 19.7 Å². The number of hydrogen-bond acceptors (Lipinski definition) is 4. The van der Waals surface area contributed by atoms with Gasteiger partial charge in [0.25, 0.3) is 5.91 Å². The minimum Gasteiger partial charge on any atom is -0.376 e. The lowest BCUT2D eigenvalue weighted by Crippen LogP contribution is -2.37. The molecule has 2 aromatic rings. The summed E-state index contributed by atoms with van der Waals surface area (Å²) in [6.45, 7) is 5.58. The average Bonchev–Trinajstić information content (AvgIpc) is 3.22. The molecule has 1 aromatic heterocycles. The first-order valence-corrected chi connectivity index (χ1v) is 8.19. The van der Waals surface area contributed by atoms with E-state index < -0.39 is 0 Å². The number of hydrogen-bond donors (Lipinski definition) is 0. The summed E-state index contributed by atoms with van der Waals surface area (Å²) in [5, 5.41) is 4.30. The number of benzene rings is 1. The van der Waals surface area contributed by atoms with Gasteiger partial charge in [-0.25, -0.2) is 14.1 Å². The summed E-state index contributed by atoms with van der Waals surface area (Å²) in [5.41, 5.74) is 0.669. The summed E-state index contributed by atoms with van der Waals surface area (Å²) >= 11 is 0. The van der Waals surface area contributed by atoms with Gasteiger partial charge >= 0.3 is 0 Å². The van der Waals surface area contributed by atoms with Crippen LogP contribution < -0.4 is 0 Å². The summed E-state index contributed by atoms with van der Waals surface area (Å²) in [6, 6.07) is 5.92. The smallest absolute Gasteiger partial charge is 0.293 e. The summed E-state index contributed by atoms with van der Waals surface area (Å²) in [7, 11) is 0. The third-order valence-electron chi connectivity index (χ3n) is 4.15. The number of nitrogens with zero attached hydrogens (tertiary/aromatic N) is 4. The van der Waals surface area contributed by atoms with Gasteiger partial charge in [-0.3, -0.25) is 4.79 Å². The Kier molecular flexibility index (Phi) is 4.89. The molecule has 24 heavy (non-hydrogen) atoms. The maximum absolute atomic E-state index is 13.1. The van der Waals surface area contributed by atoms with Gasteiger partial charge in [0.15, 0.2) is 0 Å². The van der Waals surface area contributed by atoms with E-state index in [4.69, 9.17) is 4.74 Å². The molecule has 1 aliphatic rings. The summed E-state index contributed by atoms with van der Waals surface area (Å²) in [6.07, 6.45) is 2.10. The van der Waals surface area contributed by atoms with Crippen molar-refractivity contribution in [3.05, 3.63) is 41.7 Å². The van der Waals surface area contributed by atoms with E-state index in [0.29, 0.717) is 24.6 Å². The Balaban J connectivity index is 1.79. The molecule has 1 atom stereocenters. The molecule has 0 spiro atoms. The van der Waals surface area contributed by atoms with Crippen LogP contribution in [-0.4, -0.2) is 51.4 Å². The standard InChI is InChI=1S/C17H21FN4O2/c1-3-21(11-15-5-4-10-24-15)17(23)16-19-12(2)22(20-16)14-8-6-13(18)7-9-14/h6-9,15H,3-5,10-11H2,1-2H3. The minimum absolute atomic E-state index is 0.0918. The predicted octanol–water partition coefficient (Wildman–Crippen LogP) is 2.36. The third kappa shape index (κ3) is 3.46. The zero-order chi connectivity index (χ0) is 17.1. The zero-order valence-electron chi connectivity index (χ0n) is 13.9.